The lowest BCUT2D eigenvalue weighted by atomic mass is 9.77. The summed E-state index contributed by atoms with van der Waals surface area (Å²) in [7, 11) is 0. The van der Waals surface area contributed by atoms with E-state index < -0.39 is 11.6 Å². The van der Waals surface area contributed by atoms with Crippen LogP contribution in [-0.4, -0.2) is 55.6 Å². The zero-order chi connectivity index (χ0) is 28.0. The van der Waals surface area contributed by atoms with Crippen LogP contribution in [0.15, 0.2) is 36.7 Å². The van der Waals surface area contributed by atoms with Gasteiger partial charge in [0.15, 0.2) is 11.6 Å². The van der Waals surface area contributed by atoms with E-state index in [1.807, 2.05) is 37.6 Å². The van der Waals surface area contributed by atoms with E-state index in [-0.39, 0.29) is 29.2 Å². The lowest BCUT2D eigenvalue weighted by Gasteiger charge is -2.41. The fourth-order valence-corrected chi connectivity index (χ4v) is 6.35. The van der Waals surface area contributed by atoms with E-state index in [2.05, 4.69) is 48.5 Å². The van der Waals surface area contributed by atoms with Gasteiger partial charge in [0.1, 0.15) is 22.9 Å². The summed E-state index contributed by atoms with van der Waals surface area (Å²) in [5.41, 5.74) is 2.84. The van der Waals surface area contributed by atoms with Gasteiger partial charge in [-0.05, 0) is 95.8 Å². The van der Waals surface area contributed by atoms with E-state index in [1.165, 1.54) is 25.3 Å². The molecule has 0 bridgehead atoms. The fourth-order valence-electron chi connectivity index (χ4n) is 6.35. The van der Waals surface area contributed by atoms with Crippen LogP contribution in [0.1, 0.15) is 63.5 Å². The van der Waals surface area contributed by atoms with E-state index in [0.717, 1.165) is 37.9 Å². The highest BCUT2D eigenvalue weighted by Gasteiger charge is 2.38. The van der Waals surface area contributed by atoms with Crippen molar-refractivity contribution in [3.8, 4) is 11.3 Å². The van der Waals surface area contributed by atoms with Crippen molar-refractivity contribution in [2.45, 2.75) is 59.0 Å². The average molecular weight is 547 g/mol. The number of nitrogens with one attached hydrogen (secondary N) is 2. The number of rotatable bonds is 6. The average Bonchev–Trinajstić information content (AvgIpc) is 3.54. The van der Waals surface area contributed by atoms with Crippen molar-refractivity contribution in [1.29, 1.82) is 0 Å². The molecule has 40 heavy (non-hydrogen) atoms. The number of hydrogen-bond acceptors (Lipinski definition) is 7. The zero-order valence-electron chi connectivity index (χ0n) is 23.5. The highest BCUT2D eigenvalue weighted by atomic mass is 19.1. The molecule has 0 saturated carbocycles. The molecule has 5 heterocycles. The lowest BCUT2D eigenvalue weighted by Crippen LogP contribution is -2.42. The number of anilines is 2. The van der Waals surface area contributed by atoms with Crippen molar-refractivity contribution in [2.24, 2.45) is 5.41 Å². The second kappa shape index (κ2) is 10.5. The summed E-state index contributed by atoms with van der Waals surface area (Å²) in [5.74, 6) is 0.289. The van der Waals surface area contributed by atoms with Crippen LogP contribution in [-0.2, 0) is 0 Å². The summed E-state index contributed by atoms with van der Waals surface area (Å²) < 4.78 is 31.8. The van der Waals surface area contributed by atoms with Crippen LogP contribution in [0.4, 0.5) is 20.5 Å². The molecule has 2 saturated heterocycles. The summed E-state index contributed by atoms with van der Waals surface area (Å²) in [6, 6.07) is 7.29. The zero-order valence-corrected chi connectivity index (χ0v) is 23.5. The SMILES string of the molecule is Cc1nc2c(F)cc(-c3nc(Nc4ccc(C(C)N5CCC6(CCNC6)CC5)cn4)ncc3F)cc2n1C(C)C. The number of likely N-dealkylation sites (tertiary alicyclic amines) is 1. The molecule has 6 rings (SSSR count). The first-order valence-electron chi connectivity index (χ1n) is 14.1. The number of pyridine rings is 1. The Bertz CT molecular complexity index is 1520. The van der Waals surface area contributed by atoms with Gasteiger partial charge in [-0.2, -0.15) is 0 Å². The predicted octanol–water partition coefficient (Wildman–Crippen LogP) is 5.94. The van der Waals surface area contributed by atoms with E-state index in [4.69, 9.17) is 0 Å². The van der Waals surface area contributed by atoms with Crippen LogP contribution in [0.2, 0.25) is 0 Å². The van der Waals surface area contributed by atoms with Gasteiger partial charge in [-0.15, -0.1) is 0 Å². The molecule has 210 valence electrons. The number of benzene rings is 1. The number of fused-ring (bicyclic) bond motifs is 1. The first-order chi connectivity index (χ1) is 19.2. The van der Waals surface area contributed by atoms with Gasteiger partial charge in [-0.3, -0.25) is 4.90 Å². The Morgan fingerprint density at radius 3 is 2.45 bits per heavy atom. The minimum Gasteiger partial charge on any atom is -0.326 e. The van der Waals surface area contributed by atoms with Gasteiger partial charge in [-0.1, -0.05) is 6.07 Å². The molecule has 2 N–H and O–H groups in total. The Morgan fingerprint density at radius 1 is 0.975 bits per heavy atom. The number of piperidine rings is 1. The molecular weight excluding hydrogens is 510 g/mol. The Labute approximate surface area is 233 Å². The molecule has 3 aromatic heterocycles. The third-order valence-corrected chi connectivity index (χ3v) is 8.71. The normalized spacial score (nSPS) is 18.2. The van der Waals surface area contributed by atoms with Crippen molar-refractivity contribution < 1.29 is 8.78 Å². The maximum atomic E-state index is 15.0. The Balaban J connectivity index is 1.19. The highest BCUT2D eigenvalue weighted by Crippen LogP contribution is 2.39. The quantitative estimate of drug-likeness (QED) is 0.310. The smallest absolute Gasteiger partial charge is 0.229 e. The van der Waals surface area contributed by atoms with Crippen molar-refractivity contribution in [1.82, 2.24) is 34.7 Å². The number of halogens is 2. The molecule has 0 aliphatic carbocycles. The topological polar surface area (TPSA) is 83.8 Å². The first kappa shape index (κ1) is 26.7. The van der Waals surface area contributed by atoms with Crippen molar-refractivity contribution in [3.63, 3.8) is 0 Å². The van der Waals surface area contributed by atoms with Crippen LogP contribution in [0.3, 0.4) is 0 Å². The number of imidazole rings is 1. The van der Waals surface area contributed by atoms with Gasteiger partial charge in [0, 0.05) is 30.4 Å². The monoisotopic (exact) mass is 546 g/mol. The molecule has 1 aromatic carbocycles. The molecule has 1 unspecified atom stereocenters. The van der Waals surface area contributed by atoms with Crippen LogP contribution in [0.5, 0.6) is 0 Å². The van der Waals surface area contributed by atoms with Gasteiger partial charge < -0.3 is 15.2 Å². The molecule has 2 aliphatic rings. The number of aromatic nitrogens is 5. The number of nitrogens with zero attached hydrogens (tertiary/aromatic N) is 6. The van der Waals surface area contributed by atoms with Gasteiger partial charge >= 0.3 is 0 Å². The number of hydrogen-bond donors (Lipinski definition) is 2. The standard InChI is InChI=1S/C30H36F2N8/c1-18(2)40-20(4)36-28-23(31)13-22(14-25(28)40)27-24(32)16-35-29(38-27)37-26-6-5-21(15-34-26)19(3)39-11-8-30(9-12-39)7-10-33-17-30/h5-6,13-16,18-19,33H,7-12,17H2,1-4H3,(H,34,35,37,38). The van der Waals surface area contributed by atoms with Crippen molar-refractivity contribution >= 4 is 22.8 Å². The molecule has 2 fully saturated rings. The molecular formula is C30H36F2N8. The molecule has 1 atom stereocenters. The lowest BCUT2D eigenvalue weighted by molar-refractivity contribution is 0.0896. The second-order valence-corrected chi connectivity index (χ2v) is 11.6. The van der Waals surface area contributed by atoms with E-state index >= 15 is 4.39 Å². The van der Waals surface area contributed by atoms with Crippen LogP contribution in [0, 0.1) is 24.0 Å². The fraction of sp³-hybridized carbons (Fsp3) is 0.467. The Kier molecular flexibility index (Phi) is 7.00. The first-order valence-corrected chi connectivity index (χ1v) is 14.1. The van der Waals surface area contributed by atoms with Crippen LogP contribution in [0.25, 0.3) is 22.3 Å². The molecule has 8 nitrogen and oxygen atoms in total. The minimum atomic E-state index is -0.634. The van der Waals surface area contributed by atoms with E-state index in [1.54, 1.807) is 6.07 Å². The second-order valence-electron chi connectivity index (χ2n) is 11.6. The molecule has 0 radical (unpaired) electrons. The third-order valence-electron chi connectivity index (χ3n) is 8.71. The Hall–Kier alpha value is -3.50. The molecule has 4 aromatic rings. The molecule has 10 heteroatoms. The Morgan fingerprint density at radius 2 is 1.77 bits per heavy atom. The summed E-state index contributed by atoms with van der Waals surface area (Å²) >= 11 is 0. The molecule has 2 aliphatic heterocycles. The van der Waals surface area contributed by atoms with Gasteiger partial charge in [-0.25, -0.2) is 28.7 Å². The largest absolute Gasteiger partial charge is 0.326 e. The minimum absolute atomic E-state index is 0.0121. The summed E-state index contributed by atoms with van der Waals surface area (Å²) in [6.45, 7) is 12.5. The predicted molar refractivity (Wildman–Crippen MR) is 152 cm³/mol. The summed E-state index contributed by atoms with van der Waals surface area (Å²) in [4.78, 5) is 20.0. The molecule has 0 amide bonds. The van der Waals surface area contributed by atoms with Crippen molar-refractivity contribution in [2.75, 3.05) is 31.5 Å². The maximum absolute atomic E-state index is 15.0. The summed E-state index contributed by atoms with van der Waals surface area (Å²) in [5, 5.41) is 6.60. The van der Waals surface area contributed by atoms with E-state index in [9.17, 15) is 4.39 Å². The van der Waals surface area contributed by atoms with Crippen LogP contribution >= 0.6 is 0 Å². The van der Waals surface area contributed by atoms with E-state index in [0.29, 0.717) is 28.1 Å². The summed E-state index contributed by atoms with van der Waals surface area (Å²) in [6.07, 6.45) is 6.72. The van der Waals surface area contributed by atoms with Gasteiger partial charge in [0.2, 0.25) is 5.95 Å². The molecule has 1 spiro atoms. The third kappa shape index (κ3) is 4.94. The van der Waals surface area contributed by atoms with Gasteiger partial charge in [0.05, 0.1) is 11.7 Å². The van der Waals surface area contributed by atoms with Crippen LogP contribution < -0.4 is 10.6 Å². The maximum Gasteiger partial charge on any atom is 0.229 e. The van der Waals surface area contributed by atoms with Gasteiger partial charge in [0.25, 0.3) is 0 Å². The van der Waals surface area contributed by atoms with Crippen molar-refractivity contribution in [3.05, 3.63) is 59.7 Å². The number of aryl methyl sites for hydroxylation is 1. The highest BCUT2D eigenvalue weighted by molar-refractivity contribution is 5.83.